The molecule has 1 saturated heterocycles. The van der Waals surface area contributed by atoms with Crippen molar-refractivity contribution in [2.24, 2.45) is 10.2 Å². The standard InChI is InChI=1S/C9H18N2O/c1-8(2,3)10-11-9(4)6-5-7-12-9/h5-7H2,1-4H3/b11-10+. The van der Waals surface area contributed by atoms with Gasteiger partial charge in [-0.1, -0.05) is 0 Å². The van der Waals surface area contributed by atoms with Gasteiger partial charge >= 0.3 is 0 Å². The van der Waals surface area contributed by atoms with Gasteiger partial charge in [0.05, 0.1) is 5.54 Å². The Morgan fingerprint density at radius 2 is 2.00 bits per heavy atom. The molecule has 12 heavy (non-hydrogen) atoms. The van der Waals surface area contributed by atoms with Crippen LogP contribution in [0.5, 0.6) is 0 Å². The second-order valence-corrected chi connectivity index (χ2v) is 4.50. The van der Waals surface area contributed by atoms with Crippen LogP contribution in [-0.4, -0.2) is 17.9 Å². The smallest absolute Gasteiger partial charge is 0.176 e. The van der Waals surface area contributed by atoms with Gasteiger partial charge in [-0.05, 0) is 34.1 Å². The Morgan fingerprint density at radius 1 is 1.33 bits per heavy atom. The fraction of sp³-hybridized carbons (Fsp3) is 1.00. The molecule has 3 heteroatoms. The molecule has 1 unspecified atom stereocenters. The molecule has 1 fully saturated rings. The molecule has 0 saturated carbocycles. The molecule has 1 rings (SSSR count). The van der Waals surface area contributed by atoms with Crippen molar-refractivity contribution in [1.29, 1.82) is 0 Å². The monoisotopic (exact) mass is 170 g/mol. The fourth-order valence-electron chi connectivity index (χ4n) is 1.10. The lowest BCUT2D eigenvalue weighted by Crippen LogP contribution is -2.20. The Labute approximate surface area is 74.2 Å². The largest absolute Gasteiger partial charge is 0.352 e. The minimum absolute atomic E-state index is 0.0883. The second kappa shape index (κ2) is 3.13. The summed E-state index contributed by atoms with van der Waals surface area (Å²) in [5.74, 6) is 0. The van der Waals surface area contributed by atoms with Gasteiger partial charge in [0.1, 0.15) is 0 Å². The molecular formula is C9H18N2O. The van der Waals surface area contributed by atoms with E-state index in [1.165, 1.54) is 0 Å². The molecule has 70 valence electrons. The van der Waals surface area contributed by atoms with Crippen LogP contribution in [0.15, 0.2) is 10.2 Å². The third-order valence-corrected chi connectivity index (χ3v) is 1.76. The maximum absolute atomic E-state index is 5.48. The normalized spacial score (nSPS) is 31.7. The molecule has 1 atom stereocenters. The van der Waals surface area contributed by atoms with Crippen LogP contribution in [0.3, 0.4) is 0 Å². The summed E-state index contributed by atoms with van der Waals surface area (Å²) in [6, 6.07) is 0. The zero-order valence-electron chi connectivity index (χ0n) is 8.42. The number of nitrogens with zero attached hydrogens (tertiary/aromatic N) is 2. The third kappa shape index (κ3) is 2.89. The van der Waals surface area contributed by atoms with E-state index in [1.54, 1.807) is 0 Å². The number of azo groups is 1. The molecule has 1 aliphatic heterocycles. The van der Waals surface area contributed by atoms with Crippen LogP contribution in [0.1, 0.15) is 40.5 Å². The van der Waals surface area contributed by atoms with Crippen molar-refractivity contribution in [3.05, 3.63) is 0 Å². The minimum Gasteiger partial charge on any atom is -0.352 e. The van der Waals surface area contributed by atoms with Gasteiger partial charge in [0.15, 0.2) is 5.72 Å². The van der Waals surface area contributed by atoms with Gasteiger partial charge in [0.2, 0.25) is 0 Å². The Balaban J connectivity index is 2.54. The van der Waals surface area contributed by atoms with Gasteiger partial charge in [-0.15, -0.1) is 0 Å². The van der Waals surface area contributed by atoms with Crippen LogP contribution < -0.4 is 0 Å². The van der Waals surface area contributed by atoms with Crippen LogP contribution in [0.25, 0.3) is 0 Å². The van der Waals surface area contributed by atoms with Crippen molar-refractivity contribution >= 4 is 0 Å². The fourth-order valence-corrected chi connectivity index (χ4v) is 1.10. The highest BCUT2D eigenvalue weighted by molar-refractivity contribution is 4.77. The highest BCUT2D eigenvalue weighted by Crippen LogP contribution is 2.27. The summed E-state index contributed by atoms with van der Waals surface area (Å²) >= 11 is 0. The van der Waals surface area contributed by atoms with E-state index in [1.807, 2.05) is 27.7 Å². The lowest BCUT2D eigenvalue weighted by atomic mass is 10.1. The molecular weight excluding hydrogens is 152 g/mol. The zero-order chi connectivity index (χ0) is 9.24. The van der Waals surface area contributed by atoms with Crippen molar-refractivity contribution in [3.63, 3.8) is 0 Å². The Morgan fingerprint density at radius 3 is 2.42 bits per heavy atom. The minimum atomic E-state index is -0.340. The summed E-state index contributed by atoms with van der Waals surface area (Å²) in [5, 5.41) is 8.44. The van der Waals surface area contributed by atoms with Crippen molar-refractivity contribution < 1.29 is 4.74 Å². The number of hydrogen-bond acceptors (Lipinski definition) is 3. The van der Waals surface area contributed by atoms with Gasteiger partial charge in [-0.25, -0.2) is 0 Å². The summed E-state index contributed by atoms with van der Waals surface area (Å²) in [5.41, 5.74) is -0.428. The lowest BCUT2D eigenvalue weighted by molar-refractivity contribution is 0.0196. The van der Waals surface area contributed by atoms with E-state index in [0.717, 1.165) is 19.4 Å². The van der Waals surface area contributed by atoms with E-state index in [9.17, 15) is 0 Å². The van der Waals surface area contributed by atoms with Crippen molar-refractivity contribution in [2.75, 3.05) is 6.61 Å². The van der Waals surface area contributed by atoms with Crippen LogP contribution >= 0.6 is 0 Å². The third-order valence-electron chi connectivity index (χ3n) is 1.76. The molecule has 0 aromatic rings. The van der Waals surface area contributed by atoms with Crippen LogP contribution in [0, 0.1) is 0 Å². The average Bonchev–Trinajstić information content (AvgIpc) is 2.32. The summed E-state index contributed by atoms with van der Waals surface area (Å²) in [7, 11) is 0. The van der Waals surface area contributed by atoms with E-state index in [-0.39, 0.29) is 11.3 Å². The summed E-state index contributed by atoms with van der Waals surface area (Å²) in [4.78, 5) is 0. The first kappa shape index (κ1) is 9.65. The predicted molar refractivity (Wildman–Crippen MR) is 48.2 cm³/mol. The van der Waals surface area contributed by atoms with Gasteiger partial charge in [0.25, 0.3) is 0 Å². The molecule has 0 spiro atoms. The second-order valence-electron chi connectivity index (χ2n) is 4.50. The zero-order valence-corrected chi connectivity index (χ0v) is 8.42. The van der Waals surface area contributed by atoms with E-state index in [4.69, 9.17) is 4.74 Å². The molecule has 0 aromatic heterocycles. The summed E-state index contributed by atoms with van der Waals surface area (Å²) in [6.07, 6.45) is 2.09. The molecule has 0 N–H and O–H groups in total. The highest BCUT2D eigenvalue weighted by Gasteiger charge is 2.29. The Kier molecular flexibility index (Phi) is 2.52. The number of hydrogen-bond donors (Lipinski definition) is 0. The van der Waals surface area contributed by atoms with Crippen LogP contribution in [0.4, 0.5) is 0 Å². The molecule has 0 radical (unpaired) electrons. The van der Waals surface area contributed by atoms with Crippen molar-refractivity contribution in [2.45, 2.75) is 51.8 Å². The molecule has 1 aliphatic rings. The van der Waals surface area contributed by atoms with Gasteiger partial charge in [0, 0.05) is 13.0 Å². The molecule has 3 nitrogen and oxygen atoms in total. The summed E-state index contributed by atoms with van der Waals surface area (Å²) in [6.45, 7) is 8.92. The predicted octanol–water partition coefficient (Wildman–Crippen LogP) is 2.76. The first-order chi connectivity index (χ1) is 5.41. The molecule has 0 aromatic carbocycles. The van der Waals surface area contributed by atoms with E-state index < -0.39 is 0 Å². The molecule has 0 aliphatic carbocycles. The van der Waals surface area contributed by atoms with E-state index in [2.05, 4.69) is 10.2 Å². The van der Waals surface area contributed by atoms with Crippen LogP contribution in [0.2, 0.25) is 0 Å². The molecule has 0 amide bonds. The maximum Gasteiger partial charge on any atom is 0.176 e. The van der Waals surface area contributed by atoms with Gasteiger partial charge < -0.3 is 4.74 Å². The van der Waals surface area contributed by atoms with E-state index >= 15 is 0 Å². The average molecular weight is 170 g/mol. The van der Waals surface area contributed by atoms with Gasteiger partial charge in [-0.3, -0.25) is 0 Å². The Bertz CT molecular complexity index is 175. The first-order valence-corrected chi connectivity index (χ1v) is 4.49. The Hall–Kier alpha value is -0.440. The quantitative estimate of drug-likeness (QED) is 0.557. The van der Waals surface area contributed by atoms with Crippen LogP contribution in [-0.2, 0) is 4.74 Å². The SMILES string of the molecule is CC(C)(C)/N=N/C1(C)CCCO1. The molecule has 0 bridgehead atoms. The molecule has 1 heterocycles. The first-order valence-electron chi connectivity index (χ1n) is 4.49. The van der Waals surface area contributed by atoms with E-state index in [0.29, 0.717) is 0 Å². The summed E-state index contributed by atoms with van der Waals surface area (Å²) < 4.78 is 5.48. The lowest BCUT2D eigenvalue weighted by Gasteiger charge is -2.18. The van der Waals surface area contributed by atoms with Crippen molar-refractivity contribution in [3.8, 4) is 0 Å². The number of rotatable bonds is 1. The maximum atomic E-state index is 5.48. The van der Waals surface area contributed by atoms with Gasteiger partial charge in [-0.2, -0.15) is 10.2 Å². The van der Waals surface area contributed by atoms with Crippen molar-refractivity contribution in [1.82, 2.24) is 0 Å². The highest BCUT2D eigenvalue weighted by atomic mass is 16.5. The topological polar surface area (TPSA) is 34.0 Å². The number of ether oxygens (including phenoxy) is 1.